The highest BCUT2D eigenvalue weighted by Gasteiger charge is 2.40. The third-order valence-corrected chi connectivity index (χ3v) is 11.5. The molecule has 70 heavy (non-hydrogen) atoms. The summed E-state index contributed by atoms with van der Waals surface area (Å²) in [7, 11) is 0. The molecule has 0 radical (unpaired) electrons. The van der Waals surface area contributed by atoms with Gasteiger partial charge in [0.25, 0.3) is 0 Å². The van der Waals surface area contributed by atoms with Crippen LogP contribution in [0.15, 0.2) is 24.3 Å². The van der Waals surface area contributed by atoms with Gasteiger partial charge in [0, 0.05) is 32.2 Å². The number of likely N-dealkylation sites (tertiary alicyclic amines) is 1. The van der Waals surface area contributed by atoms with Gasteiger partial charge in [-0.25, -0.2) is 0 Å². The van der Waals surface area contributed by atoms with Crippen LogP contribution in [0.4, 0.5) is 0 Å². The predicted octanol–water partition coefficient (Wildman–Crippen LogP) is -2.55. The van der Waals surface area contributed by atoms with Crippen molar-refractivity contribution in [2.75, 3.05) is 13.1 Å². The molecule has 0 spiro atoms. The number of nitrogens with two attached hydrogens (primary N) is 3. The van der Waals surface area contributed by atoms with Crippen LogP contribution in [0.1, 0.15) is 111 Å². The zero-order valence-electron chi connectivity index (χ0n) is 40.7. The van der Waals surface area contributed by atoms with Crippen LogP contribution < -0.4 is 54.4 Å². The molecule has 388 valence electrons. The third kappa shape index (κ3) is 20.2. The van der Waals surface area contributed by atoms with Crippen molar-refractivity contribution in [3.63, 3.8) is 0 Å². The van der Waals surface area contributed by atoms with Crippen molar-refractivity contribution in [3.05, 3.63) is 29.8 Å². The number of carbonyl (C=O) groups is 12. The lowest BCUT2D eigenvalue weighted by Crippen LogP contribution is -2.61. The average molecular weight is 986 g/mol. The Morgan fingerprint density at radius 3 is 1.81 bits per heavy atom. The molecule has 1 aliphatic heterocycles. The maximum Gasteiger partial charge on any atom is 0.245 e. The standard InChI is InChI=1S/C46H71N11O13/c1-7-25(5)39(56-43(67)32(51-38(63)8-2)21-27-12-14-28(59)15-13-27)45(69)52-29(17-18-35(47)60)41(65)54-33(22-36(48)61)42(66)53-30(16-11-26(6)58)46(70)57-19-9-10-34(57)44(68)55-31(20-24(3)4)40(64)50-23-37(49)62/h12-15,24-25,29-34,39,59H,7-11,16-23H2,1-6H3,(H2,47,60)(H2,48,61)(H2,49,62)(H,50,64)(H,51,63)(H,52,69)(H,53,66)(H,54,65)(H,55,68)(H,56,67)/t25?,29-,30?,31?,32-,33-,34?,39?/m0/s1. The van der Waals surface area contributed by atoms with Crippen molar-refractivity contribution in [1.29, 1.82) is 0 Å². The van der Waals surface area contributed by atoms with E-state index >= 15 is 0 Å². The van der Waals surface area contributed by atoms with Gasteiger partial charge >= 0.3 is 0 Å². The number of hydrogen-bond donors (Lipinski definition) is 11. The predicted molar refractivity (Wildman–Crippen MR) is 252 cm³/mol. The lowest BCUT2D eigenvalue weighted by Gasteiger charge is -2.31. The first-order valence-corrected chi connectivity index (χ1v) is 23.4. The second-order valence-corrected chi connectivity index (χ2v) is 17.9. The number of nitrogens with zero attached hydrogens (tertiary/aromatic N) is 1. The number of primary amides is 3. The summed E-state index contributed by atoms with van der Waals surface area (Å²) in [5.74, 6) is -10.3. The van der Waals surface area contributed by atoms with Crippen LogP contribution >= 0.6 is 0 Å². The van der Waals surface area contributed by atoms with Crippen LogP contribution in [0.5, 0.6) is 5.75 Å². The van der Waals surface area contributed by atoms with E-state index < -0.39 is 139 Å². The summed E-state index contributed by atoms with van der Waals surface area (Å²) in [6.45, 7) is 9.40. The Bertz CT molecular complexity index is 2070. The van der Waals surface area contributed by atoms with Crippen LogP contribution in [0.3, 0.4) is 0 Å². The summed E-state index contributed by atoms with van der Waals surface area (Å²) < 4.78 is 0. The molecule has 24 heteroatoms. The molecule has 1 saturated heterocycles. The Kier molecular flexibility index (Phi) is 24.5. The number of aromatic hydroxyl groups is 1. The van der Waals surface area contributed by atoms with Gasteiger partial charge in [-0.3, -0.25) is 52.7 Å². The molecule has 1 aromatic rings. The van der Waals surface area contributed by atoms with Crippen molar-refractivity contribution in [1.82, 2.24) is 42.1 Å². The summed E-state index contributed by atoms with van der Waals surface area (Å²) in [5, 5.41) is 27.4. The highest BCUT2D eigenvalue weighted by Crippen LogP contribution is 2.21. The third-order valence-electron chi connectivity index (χ3n) is 11.5. The Balaban J connectivity index is 2.41. The fourth-order valence-electron chi connectivity index (χ4n) is 7.48. The maximum atomic E-state index is 14.2. The van der Waals surface area contributed by atoms with E-state index in [-0.39, 0.29) is 62.5 Å². The number of hydrogen-bond acceptors (Lipinski definition) is 13. The van der Waals surface area contributed by atoms with Crippen LogP contribution in [-0.2, 0) is 64.0 Å². The van der Waals surface area contributed by atoms with Gasteiger partial charge < -0.3 is 69.2 Å². The molecule has 1 fully saturated rings. The Labute approximate surface area is 406 Å². The largest absolute Gasteiger partial charge is 0.508 e. The quantitative estimate of drug-likeness (QED) is 0.0379. The van der Waals surface area contributed by atoms with E-state index in [0.717, 1.165) is 0 Å². The van der Waals surface area contributed by atoms with Crippen LogP contribution in [0, 0.1) is 11.8 Å². The summed E-state index contributed by atoms with van der Waals surface area (Å²) in [5.41, 5.74) is 16.6. The van der Waals surface area contributed by atoms with E-state index in [1.165, 1.54) is 24.0 Å². The van der Waals surface area contributed by atoms with Gasteiger partial charge in [0.05, 0.1) is 13.0 Å². The molecule has 1 aromatic carbocycles. The minimum absolute atomic E-state index is 0.0193. The van der Waals surface area contributed by atoms with Gasteiger partial charge in [-0.05, 0) is 68.6 Å². The van der Waals surface area contributed by atoms with Crippen LogP contribution in [0.25, 0.3) is 0 Å². The van der Waals surface area contributed by atoms with E-state index in [4.69, 9.17) is 17.2 Å². The number of Topliss-reactive ketones (excluding diaryl/α,β-unsaturated/α-hetero) is 1. The van der Waals surface area contributed by atoms with E-state index in [0.29, 0.717) is 18.4 Å². The summed E-state index contributed by atoms with van der Waals surface area (Å²) in [6, 6.07) is -3.70. The fraction of sp³-hybridized carbons (Fsp3) is 0.609. The molecule has 11 amide bonds. The molecular weight excluding hydrogens is 915 g/mol. The molecule has 1 heterocycles. The van der Waals surface area contributed by atoms with E-state index in [2.05, 4.69) is 37.2 Å². The number of amides is 11. The minimum atomic E-state index is -1.80. The van der Waals surface area contributed by atoms with Crippen LogP contribution in [-0.4, -0.2) is 136 Å². The van der Waals surface area contributed by atoms with Gasteiger partial charge in [0.2, 0.25) is 65.0 Å². The molecule has 1 aliphatic rings. The van der Waals surface area contributed by atoms with E-state index in [9.17, 15) is 62.6 Å². The maximum absolute atomic E-state index is 14.2. The first-order valence-electron chi connectivity index (χ1n) is 23.4. The molecule has 0 aliphatic carbocycles. The van der Waals surface area contributed by atoms with Gasteiger partial charge in [-0.1, -0.05) is 53.2 Å². The number of phenolic OH excluding ortho intramolecular Hbond substituents is 1. The second-order valence-electron chi connectivity index (χ2n) is 17.9. The molecular formula is C46H71N11O13. The van der Waals surface area contributed by atoms with E-state index in [1.807, 2.05) is 13.8 Å². The molecule has 0 aromatic heterocycles. The van der Waals surface area contributed by atoms with Gasteiger partial charge in [0.15, 0.2) is 0 Å². The highest BCUT2D eigenvalue weighted by atomic mass is 16.3. The van der Waals surface area contributed by atoms with E-state index in [1.54, 1.807) is 32.9 Å². The molecule has 0 saturated carbocycles. The molecule has 24 nitrogen and oxygen atoms in total. The van der Waals surface area contributed by atoms with Crippen molar-refractivity contribution in [2.24, 2.45) is 29.0 Å². The zero-order valence-corrected chi connectivity index (χ0v) is 40.7. The second kappa shape index (κ2) is 29.0. The summed E-state index contributed by atoms with van der Waals surface area (Å²) >= 11 is 0. The number of ketones is 1. The van der Waals surface area contributed by atoms with Crippen molar-refractivity contribution < 1.29 is 62.6 Å². The topological polar surface area (TPSA) is 391 Å². The van der Waals surface area contributed by atoms with Crippen molar-refractivity contribution in [3.8, 4) is 5.75 Å². The number of carbonyl (C=O) groups excluding carboxylic acids is 12. The normalized spacial score (nSPS) is 16.2. The molecule has 5 unspecified atom stereocenters. The van der Waals surface area contributed by atoms with Gasteiger partial charge in [0.1, 0.15) is 53.8 Å². The number of benzene rings is 1. The highest BCUT2D eigenvalue weighted by molar-refractivity contribution is 5.99. The van der Waals surface area contributed by atoms with Gasteiger partial charge in [-0.2, -0.15) is 0 Å². The molecule has 8 atom stereocenters. The average Bonchev–Trinajstić information content (AvgIpc) is 3.79. The van der Waals surface area contributed by atoms with Crippen LogP contribution in [0.2, 0.25) is 0 Å². The molecule has 2 rings (SSSR count). The Morgan fingerprint density at radius 1 is 0.671 bits per heavy atom. The SMILES string of the molecule is CCC(=O)N[C@@H](Cc1ccc(O)cc1)C(=O)NC(C(=O)N[C@@H](CCC(N)=O)C(=O)N[C@@H](CC(N)=O)C(=O)NC(CCC(C)=O)C(=O)N1CCCC1C(=O)NC(CC(C)C)C(=O)NCC(N)=O)C(C)CC. The smallest absolute Gasteiger partial charge is 0.245 e. The zero-order chi connectivity index (χ0) is 52.8. The molecule has 14 N–H and O–H groups in total. The number of rotatable bonds is 30. The number of nitrogens with one attached hydrogen (secondary N) is 7. The first-order chi connectivity index (χ1) is 32.9. The van der Waals surface area contributed by atoms with Gasteiger partial charge in [-0.15, -0.1) is 0 Å². The Morgan fingerprint density at radius 2 is 1.26 bits per heavy atom. The monoisotopic (exact) mass is 986 g/mol. The summed E-state index contributed by atoms with van der Waals surface area (Å²) in [4.78, 5) is 158. The van der Waals surface area contributed by atoms with Crippen molar-refractivity contribution in [2.45, 2.75) is 154 Å². The first kappa shape index (κ1) is 59.0. The summed E-state index contributed by atoms with van der Waals surface area (Å²) in [6.07, 6.45) is -1.16. The van der Waals surface area contributed by atoms with Crippen molar-refractivity contribution >= 4 is 70.8 Å². The number of phenols is 1. The minimum Gasteiger partial charge on any atom is -0.508 e. The Hall–Kier alpha value is -7.14. The fourth-order valence-corrected chi connectivity index (χ4v) is 7.48. The lowest BCUT2D eigenvalue weighted by molar-refractivity contribution is -0.143. The molecule has 0 bridgehead atoms. The lowest BCUT2D eigenvalue weighted by atomic mass is 9.96.